The van der Waals surface area contributed by atoms with E-state index in [0.717, 1.165) is 16.0 Å². The first kappa shape index (κ1) is 18.6. The number of benzene rings is 1. The van der Waals surface area contributed by atoms with Gasteiger partial charge in [-0.2, -0.15) is 0 Å². The van der Waals surface area contributed by atoms with Crippen LogP contribution in [0.4, 0.5) is 0 Å². The Labute approximate surface area is 170 Å². The van der Waals surface area contributed by atoms with Crippen LogP contribution in [-0.2, 0) is 11.3 Å². The van der Waals surface area contributed by atoms with Crippen molar-refractivity contribution < 1.29 is 4.79 Å². The molecule has 1 amide bonds. The number of fused-ring (bicyclic) bond motifs is 1. The van der Waals surface area contributed by atoms with Gasteiger partial charge in [-0.25, -0.2) is 4.98 Å². The quantitative estimate of drug-likeness (QED) is 0.491. The van der Waals surface area contributed by atoms with E-state index >= 15 is 0 Å². The maximum atomic E-state index is 13.1. The molecule has 0 radical (unpaired) electrons. The first-order valence-corrected chi connectivity index (χ1v) is 10.6. The smallest absolute Gasteiger partial charge is 0.263 e. The molecule has 5 nitrogen and oxygen atoms in total. The van der Waals surface area contributed by atoms with Crippen molar-refractivity contribution in [2.75, 3.05) is 7.05 Å². The largest absolute Gasteiger partial charge is 0.337 e. The number of aromatic nitrogens is 2. The summed E-state index contributed by atoms with van der Waals surface area (Å²) < 4.78 is 1.41. The van der Waals surface area contributed by atoms with E-state index < -0.39 is 0 Å². The van der Waals surface area contributed by atoms with E-state index in [1.165, 1.54) is 22.2 Å². The number of amides is 1. The highest BCUT2D eigenvalue weighted by atomic mass is 32.1. The van der Waals surface area contributed by atoms with Crippen molar-refractivity contribution in [3.8, 4) is 10.4 Å². The minimum Gasteiger partial charge on any atom is -0.337 e. The van der Waals surface area contributed by atoms with Crippen molar-refractivity contribution in [3.63, 3.8) is 0 Å². The van der Waals surface area contributed by atoms with Gasteiger partial charge in [0.2, 0.25) is 5.91 Å². The van der Waals surface area contributed by atoms with E-state index in [1.54, 1.807) is 23.3 Å². The number of rotatable bonds is 5. The molecule has 1 aromatic carbocycles. The molecule has 7 heteroatoms. The van der Waals surface area contributed by atoms with E-state index in [4.69, 9.17) is 0 Å². The molecular formula is C21H19N3O2S2. The van der Waals surface area contributed by atoms with Gasteiger partial charge in [-0.15, -0.1) is 22.7 Å². The lowest BCUT2D eigenvalue weighted by molar-refractivity contribution is -0.132. The average molecular weight is 410 g/mol. The predicted octanol–water partition coefficient (Wildman–Crippen LogP) is 4.41. The van der Waals surface area contributed by atoms with Crippen LogP contribution in [0, 0.1) is 0 Å². The number of carbonyl (C=O) groups is 1. The zero-order valence-corrected chi connectivity index (χ0v) is 17.2. The minimum absolute atomic E-state index is 0.0326. The third kappa shape index (κ3) is 3.39. The van der Waals surface area contributed by atoms with Crippen LogP contribution in [0.2, 0.25) is 0 Å². The van der Waals surface area contributed by atoms with Crippen LogP contribution < -0.4 is 5.56 Å². The second-order valence-electron chi connectivity index (χ2n) is 6.58. The summed E-state index contributed by atoms with van der Waals surface area (Å²) in [7, 11) is 1.76. The third-order valence-corrected chi connectivity index (χ3v) is 6.70. The second-order valence-corrected chi connectivity index (χ2v) is 8.38. The standard InChI is InChI=1S/C21H19N3O2S2/c1-14(15-7-4-3-5-8-15)23(2)18(25)11-24-13-22-20-19(21(24)26)16(12-28-20)17-9-6-10-27-17/h3-10,12-14H,11H2,1-2H3. The van der Waals surface area contributed by atoms with Gasteiger partial charge in [-0.05, 0) is 23.9 Å². The summed E-state index contributed by atoms with van der Waals surface area (Å²) in [4.78, 5) is 33.7. The van der Waals surface area contributed by atoms with E-state index in [-0.39, 0.29) is 24.1 Å². The number of likely N-dealkylation sites (N-methyl/N-ethyl adjacent to an activating group) is 1. The zero-order valence-electron chi connectivity index (χ0n) is 15.5. The van der Waals surface area contributed by atoms with E-state index in [0.29, 0.717) is 10.2 Å². The highest BCUT2D eigenvalue weighted by Gasteiger charge is 2.20. The molecule has 0 bridgehead atoms. The van der Waals surface area contributed by atoms with Gasteiger partial charge in [-0.1, -0.05) is 36.4 Å². The van der Waals surface area contributed by atoms with Gasteiger partial charge in [0.25, 0.3) is 5.56 Å². The van der Waals surface area contributed by atoms with Gasteiger partial charge in [0, 0.05) is 22.9 Å². The predicted molar refractivity (Wildman–Crippen MR) is 115 cm³/mol. The Bertz CT molecular complexity index is 1160. The number of carbonyl (C=O) groups excluding carboxylic acids is 1. The van der Waals surface area contributed by atoms with Crippen LogP contribution >= 0.6 is 22.7 Å². The molecule has 0 saturated carbocycles. The SMILES string of the molecule is CC(c1ccccc1)N(C)C(=O)Cn1cnc2scc(-c3cccs3)c2c1=O. The lowest BCUT2D eigenvalue weighted by Crippen LogP contribution is -2.35. The topological polar surface area (TPSA) is 55.2 Å². The molecule has 0 fully saturated rings. The molecule has 1 unspecified atom stereocenters. The van der Waals surface area contributed by atoms with Crippen molar-refractivity contribution in [1.82, 2.24) is 14.5 Å². The summed E-state index contributed by atoms with van der Waals surface area (Å²) in [5.41, 5.74) is 1.76. The fourth-order valence-electron chi connectivity index (χ4n) is 3.12. The highest BCUT2D eigenvalue weighted by molar-refractivity contribution is 7.18. The minimum atomic E-state index is -0.177. The third-order valence-electron chi connectivity index (χ3n) is 4.91. The Morgan fingerprint density at radius 3 is 2.68 bits per heavy atom. The summed E-state index contributed by atoms with van der Waals surface area (Å²) in [5.74, 6) is -0.132. The monoisotopic (exact) mass is 409 g/mol. The second kappa shape index (κ2) is 7.69. The first-order chi connectivity index (χ1) is 13.6. The van der Waals surface area contributed by atoms with Gasteiger partial charge in [0.15, 0.2) is 0 Å². The normalized spacial score (nSPS) is 12.2. The maximum Gasteiger partial charge on any atom is 0.263 e. The maximum absolute atomic E-state index is 13.1. The number of nitrogens with zero attached hydrogens (tertiary/aromatic N) is 3. The summed E-state index contributed by atoms with van der Waals surface area (Å²) >= 11 is 3.04. The lowest BCUT2D eigenvalue weighted by Gasteiger charge is -2.25. The molecule has 0 aliphatic carbocycles. The molecule has 4 aromatic rings. The van der Waals surface area contributed by atoms with Gasteiger partial charge >= 0.3 is 0 Å². The van der Waals surface area contributed by atoms with Crippen LogP contribution in [-0.4, -0.2) is 27.4 Å². The van der Waals surface area contributed by atoms with Crippen LogP contribution in [0.25, 0.3) is 20.7 Å². The molecule has 28 heavy (non-hydrogen) atoms. The summed E-state index contributed by atoms with van der Waals surface area (Å²) in [6.07, 6.45) is 1.47. The van der Waals surface area contributed by atoms with Crippen molar-refractivity contribution in [2.24, 2.45) is 0 Å². The summed E-state index contributed by atoms with van der Waals surface area (Å²) in [5, 5.41) is 4.53. The fourth-order valence-corrected chi connectivity index (χ4v) is 4.84. The van der Waals surface area contributed by atoms with Gasteiger partial charge < -0.3 is 4.90 Å². The van der Waals surface area contributed by atoms with Gasteiger partial charge in [-0.3, -0.25) is 14.2 Å². The van der Waals surface area contributed by atoms with Crippen LogP contribution in [0.5, 0.6) is 0 Å². The first-order valence-electron chi connectivity index (χ1n) is 8.87. The zero-order chi connectivity index (χ0) is 19.7. The van der Waals surface area contributed by atoms with Crippen molar-refractivity contribution in [1.29, 1.82) is 0 Å². The van der Waals surface area contributed by atoms with E-state index in [9.17, 15) is 9.59 Å². The van der Waals surface area contributed by atoms with E-state index in [1.807, 2.05) is 60.1 Å². The Kier molecular flexibility index (Phi) is 5.11. The molecule has 4 rings (SSSR count). The van der Waals surface area contributed by atoms with Crippen LogP contribution in [0.3, 0.4) is 0 Å². The van der Waals surface area contributed by atoms with Crippen LogP contribution in [0.15, 0.2) is 64.3 Å². The lowest BCUT2D eigenvalue weighted by atomic mass is 10.1. The molecule has 0 aliphatic rings. The molecular weight excluding hydrogens is 390 g/mol. The summed E-state index contributed by atoms with van der Waals surface area (Å²) in [6.45, 7) is 1.94. The highest BCUT2D eigenvalue weighted by Crippen LogP contribution is 2.33. The van der Waals surface area contributed by atoms with E-state index in [2.05, 4.69) is 4.98 Å². The molecule has 142 valence electrons. The Balaban J connectivity index is 1.63. The number of thiophene rings is 2. The molecule has 0 N–H and O–H groups in total. The van der Waals surface area contributed by atoms with Crippen molar-refractivity contribution in [2.45, 2.75) is 19.5 Å². The molecule has 3 aromatic heterocycles. The fraction of sp³-hybridized carbons (Fsp3) is 0.190. The summed E-state index contributed by atoms with van der Waals surface area (Å²) in [6, 6.07) is 13.7. The van der Waals surface area contributed by atoms with Crippen molar-refractivity contribution >= 4 is 38.8 Å². The van der Waals surface area contributed by atoms with Crippen molar-refractivity contribution in [3.05, 3.63) is 75.5 Å². The molecule has 0 saturated heterocycles. The van der Waals surface area contributed by atoms with Gasteiger partial charge in [0.05, 0.1) is 17.8 Å². The number of hydrogen-bond donors (Lipinski definition) is 0. The van der Waals surface area contributed by atoms with Crippen LogP contribution in [0.1, 0.15) is 18.5 Å². The Morgan fingerprint density at radius 2 is 1.96 bits per heavy atom. The number of hydrogen-bond acceptors (Lipinski definition) is 5. The molecule has 0 aliphatic heterocycles. The average Bonchev–Trinajstić information content (AvgIpc) is 3.39. The molecule has 0 spiro atoms. The molecule has 1 atom stereocenters. The Hall–Kier alpha value is -2.77. The molecule has 3 heterocycles. The van der Waals surface area contributed by atoms with Gasteiger partial charge in [0.1, 0.15) is 11.4 Å². The Morgan fingerprint density at radius 1 is 1.18 bits per heavy atom.